The number of carbonyl (C=O) groups excluding carboxylic acids is 1. The summed E-state index contributed by atoms with van der Waals surface area (Å²) in [5.74, 6) is 0.883. The Hall–Kier alpha value is -0.650. The number of rotatable bonds is 4. The van der Waals surface area contributed by atoms with Gasteiger partial charge >= 0.3 is 0 Å². The van der Waals surface area contributed by atoms with E-state index < -0.39 is 0 Å². The molecule has 0 aromatic carbocycles. The average Bonchev–Trinajstić information content (AvgIpc) is 2.72. The van der Waals surface area contributed by atoms with Crippen LogP contribution in [0.1, 0.15) is 26.7 Å². The molecular formula is C15H29N3O2. The highest BCUT2D eigenvalue weighted by Gasteiger charge is 2.23. The molecule has 2 heterocycles. The van der Waals surface area contributed by atoms with E-state index in [1.165, 1.54) is 0 Å². The van der Waals surface area contributed by atoms with Crippen LogP contribution in [0.2, 0.25) is 0 Å². The Bertz CT molecular complexity index is 303. The Balaban J connectivity index is 1.77. The lowest BCUT2D eigenvalue weighted by atomic mass is 10.0. The highest BCUT2D eigenvalue weighted by molar-refractivity contribution is 5.76. The largest absolute Gasteiger partial charge is 0.379 e. The summed E-state index contributed by atoms with van der Waals surface area (Å²) < 4.78 is 5.33. The normalized spacial score (nSPS) is 25.8. The molecule has 20 heavy (non-hydrogen) atoms. The summed E-state index contributed by atoms with van der Waals surface area (Å²) in [5.41, 5.74) is 0. The number of nitrogens with one attached hydrogen (secondary N) is 1. The molecule has 0 radical (unpaired) electrons. The number of ether oxygens (including phenoxy) is 1. The molecule has 1 amide bonds. The first-order chi connectivity index (χ1) is 9.66. The van der Waals surface area contributed by atoms with Crippen molar-refractivity contribution in [3.63, 3.8) is 0 Å². The van der Waals surface area contributed by atoms with Crippen LogP contribution >= 0.6 is 0 Å². The maximum atomic E-state index is 12.4. The maximum absolute atomic E-state index is 12.4. The van der Waals surface area contributed by atoms with Gasteiger partial charge in [0.1, 0.15) is 0 Å². The van der Waals surface area contributed by atoms with Gasteiger partial charge in [-0.2, -0.15) is 0 Å². The summed E-state index contributed by atoms with van der Waals surface area (Å²) in [5, 5.41) is 3.55. The monoisotopic (exact) mass is 283 g/mol. The Morgan fingerprint density at radius 3 is 2.75 bits per heavy atom. The number of hydrogen-bond donors (Lipinski definition) is 1. The van der Waals surface area contributed by atoms with Gasteiger partial charge in [-0.05, 0) is 18.9 Å². The number of amides is 1. The molecular weight excluding hydrogens is 254 g/mol. The van der Waals surface area contributed by atoms with E-state index in [0.29, 0.717) is 24.3 Å². The third kappa shape index (κ3) is 4.72. The standard InChI is InChI=1S/C15H29N3O2/c1-13(2)14-12-18(6-3-5-16-14)15(19)4-7-17-8-10-20-11-9-17/h13-14,16H,3-12H2,1-2H3. The highest BCUT2D eigenvalue weighted by atomic mass is 16.5. The van der Waals surface area contributed by atoms with E-state index >= 15 is 0 Å². The Kier molecular flexibility index (Phi) is 6.26. The number of nitrogens with zero attached hydrogens (tertiary/aromatic N) is 2. The van der Waals surface area contributed by atoms with Gasteiger partial charge in [-0.1, -0.05) is 13.8 Å². The minimum atomic E-state index is 0.311. The van der Waals surface area contributed by atoms with Crippen molar-refractivity contribution in [2.24, 2.45) is 5.92 Å². The van der Waals surface area contributed by atoms with E-state index in [1.807, 2.05) is 0 Å². The van der Waals surface area contributed by atoms with E-state index in [-0.39, 0.29) is 0 Å². The molecule has 1 atom stereocenters. The van der Waals surface area contributed by atoms with Crippen LogP contribution in [0.4, 0.5) is 0 Å². The van der Waals surface area contributed by atoms with E-state index in [0.717, 1.165) is 58.9 Å². The number of morpholine rings is 1. The van der Waals surface area contributed by atoms with Gasteiger partial charge in [-0.25, -0.2) is 0 Å². The zero-order valence-electron chi connectivity index (χ0n) is 12.9. The van der Waals surface area contributed by atoms with Gasteiger partial charge in [0.15, 0.2) is 0 Å². The zero-order chi connectivity index (χ0) is 14.4. The van der Waals surface area contributed by atoms with Gasteiger partial charge in [0.2, 0.25) is 5.91 Å². The van der Waals surface area contributed by atoms with Crippen LogP contribution in [0.5, 0.6) is 0 Å². The van der Waals surface area contributed by atoms with E-state index in [4.69, 9.17) is 4.74 Å². The van der Waals surface area contributed by atoms with Crippen LogP contribution in [0, 0.1) is 5.92 Å². The lowest BCUT2D eigenvalue weighted by Gasteiger charge is -2.29. The SMILES string of the molecule is CC(C)C1CN(C(=O)CCN2CCOCC2)CCCN1. The molecule has 0 aliphatic carbocycles. The lowest BCUT2D eigenvalue weighted by Crippen LogP contribution is -2.44. The first-order valence-electron chi connectivity index (χ1n) is 7.98. The molecule has 0 aromatic heterocycles. The molecule has 1 N–H and O–H groups in total. The fraction of sp³-hybridized carbons (Fsp3) is 0.933. The smallest absolute Gasteiger partial charge is 0.223 e. The Morgan fingerprint density at radius 2 is 2.05 bits per heavy atom. The molecule has 2 aliphatic rings. The molecule has 116 valence electrons. The summed E-state index contributed by atoms with van der Waals surface area (Å²) >= 11 is 0. The van der Waals surface area contributed by atoms with Crippen molar-refractivity contribution in [3.05, 3.63) is 0 Å². The fourth-order valence-corrected chi connectivity index (χ4v) is 2.86. The van der Waals surface area contributed by atoms with Crippen molar-refractivity contribution in [3.8, 4) is 0 Å². The first kappa shape index (κ1) is 15.7. The van der Waals surface area contributed by atoms with Crippen LogP contribution in [0.25, 0.3) is 0 Å². The van der Waals surface area contributed by atoms with Crippen LogP contribution in [0.3, 0.4) is 0 Å². The lowest BCUT2D eigenvalue weighted by molar-refractivity contribution is -0.132. The van der Waals surface area contributed by atoms with Gasteiger partial charge in [-0.15, -0.1) is 0 Å². The fourth-order valence-electron chi connectivity index (χ4n) is 2.86. The van der Waals surface area contributed by atoms with Crippen molar-refractivity contribution >= 4 is 5.91 Å². The van der Waals surface area contributed by atoms with Crippen molar-refractivity contribution in [1.82, 2.24) is 15.1 Å². The van der Waals surface area contributed by atoms with Crippen molar-refractivity contribution < 1.29 is 9.53 Å². The summed E-state index contributed by atoms with van der Waals surface area (Å²) in [4.78, 5) is 16.8. The van der Waals surface area contributed by atoms with Crippen LogP contribution in [0.15, 0.2) is 0 Å². The van der Waals surface area contributed by atoms with Crippen LogP contribution in [-0.4, -0.2) is 74.2 Å². The number of hydrogen-bond acceptors (Lipinski definition) is 4. The third-order valence-corrected chi connectivity index (χ3v) is 4.33. The van der Waals surface area contributed by atoms with Gasteiger partial charge in [0.25, 0.3) is 0 Å². The van der Waals surface area contributed by atoms with Gasteiger partial charge in [-0.3, -0.25) is 9.69 Å². The molecule has 0 saturated carbocycles. The van der Waals surface area contributed by atoms with Crippen LogP contribution < -0.4 is 5.32 Å². The predicted molar refractivity (Wildman–Crippen MR) is 79.7 cm³/mol. The van der Waals surface area contributed by atoms with E-state index in [9.17, 15) is 4.79 Å². The molecule has 5 nitrogen and oxygen atoms in total. The number of carbonyl (C=O) groups is 1. The molecule has 5 heteroatoms. The molecule has 0 spiro atoms. The average molecular weight is 283 g/mol. The Labute approximate surface area is 122 Å². The minimum Gasteiger partial charge on any atom is -0.379 e. The maximum Gasteiger partial charge on any atom is 0.223 e. The third-order valence-electron chi connectivity index (χ3n) is 4.33. The van der Waals surface area contributed by atoms with Crippen molar-refractivity contribution in [2.45, 2.75) is 32.7 Å². The second kappa shape index (κ2) is 7.96. The zero-order valence-corrected chi connectivity index (χ0v) is 12.9. The van der Waals surface area contributed by atoms with E-state index in [1.54, 1.807) is 0 Å². The topological polar surface area (TPSA) is 44.8 Å². The molecule has 1 unspecified atom stereocenters. The quantitative estimate of drug-likeness (QED) is 0.819. The molecule has 0 aromatic rings. The summed E-state index contributed by atoms with van der Waals surface area (Å²) in [6.45, 7) is 11.6. The van der Waals surface area contributed by atoms with E-state index in [2.05, 4.69) is 29.0 Å². The van der Waals surface area contributed by atoms with Crippen molar-refractivity contribution in [2.75, 3.05) is 52.5 Å². The van der Waals surface area contributed by atoms with Gasteiger partial charge in [0, 0.05) is 45.2 Å². The van der Waals surface area contributed by atoms with Crippen LogP contribution in [-0.2, 0) is 9.53 Å². The van der Waals surface area contributed by atoms with Gasteiger partial charge in [0.05, 0.1) is 13.2 Å². The molecule has 0 bridgehead atoms. The highest BCUT2D eigenvalue weighted by Crippen LogP contribution is 2.10. The Morgan fingerprint density at radius 1 is 1.30 bits per heavy atom. The summed E-state index contributed by atoms with van der Waals surface area (Å²) in [6, 6.07) is 0.435. The molecule has 2 aliphatic heterocycles. The second-order valence-corrected chi connectivity index (χ2v) is 6.20. The van der Waals surface area contributed by atoms with Gasteiger partial charge < -0.3 is 15.0 Å². The molecule has 2 saturated heterocycles. The first-order valence-corrected chi connectivity index (χ1v) is 7.98. The molecule has 2 fully saturated rings. The second-order valence-electron chi connectivity index (χ2n) is 6.20. The predicted octanol–water partition coefficient (Wildman–Crippen LogP) is 0.555. The minimum absolute atomic E-state index is 0.311. The van der Waals surface area contributed by atoms with Crippen molar-refractivity contribution in [1.29, 1.82) is 0 Å². The summed E-state index contributed by atoms with van der Waals surface area (Å²) in [7, 11) is 0. The molecule has 2 rings (SSSR count). The summed E-state index contributed by atoms with van der Waals surface area (Å²) in [6.07, 6.45) is 1.71.